The van der Waals surface area contributed by atoms with Crippen molar-refractivity contribution in [3.8, 4) is 17.3 Å². The average Bonchev–Trinajstić information content (AvgIpc) is 3.44. The van der Waals surface area contributed by atoms with Crippen LogP contribution in [0.15, 0.2) is 65.7 Å². The maximum Gasteiger partial charge on any atom is 0.274 e. The van der Waals surface area contributed by atoms with Gasteiger partial charge >= 0.3 is 0 Å². The normalized spacial score (nSPS) is 10.8. The number of imidazole rings is 1. The molecular formula is C21H20N6O2. The summed E-state index contributed by atoms with van der Waals surface area (Å²) in [6, 6.07) is 13.5. The summed E-state index contributed by atoms with van der Waals surface area (Å²) in [5, 5.41) is 3.89. The Balaban J connectivity index is 1.47. The van der Waals surface area contributed by atoms with Gasteiger partial charge in [-0.25, -0.2) is 9.97 Å². The summed E-state index contributed by atoms with van der Waals surface area (Å²) >= 11 is 0. The second-order valence-electron chi connectivity index (χ2n) is 6.59. The molecule has 0 saturated heterocycles. The number of nitrogens with zero attached hydrogens (tertiary/aromatic N) is 6. The quantitative estimate of drug-likeness (QED) is 0.504. The van der Waals surface area contributed by atoms with Gasteiger partial charge in [0.05, 0.1) is 5.56 Å². The average molecular weight is 388 g/mol. The van der Waals surface area contributed by atoms with Crippen LogP contribution >= 0.6 is 0 Å². The van der Waals surface area contributed by atoms with Crippen LogP contribution in [0.25, 0.3) is 17.3 Å². The third-order valence-electron chi connectivity index (χ3n) is 4.45. The van der Waals surface area contributed by atoms with Gasteiger partial charge in [-0.15, -0.1) is 0 Å². The first kappa shape index (κ1) is 18.5. The molecule has 0 N–H and O–H groups in total. The van der Waals surface area contributed by atoms with E-state index in [0.717, 1.165) is 11.1 Å². The molecule has 4 rings (SSSR count). The van der Waals surface area contributed by atoms with Crippen LogP contribution in [0.1, 0.15) is 28.8 Å². The zero-order valence-electron chi connectivity index (χ0n) is 16.2. The third kappa shape index (κ3) is 4.06. The maximum absolute atomic E-state index is 12.7. The predicted molar refractivity (Wildman–Crippen MR) is 106 cm³/mol. The van der Waals surface area contributed by atoms with Crippen molar-refractivity contribution < 1.29 is 9.32 Å². The van der Waals surface area contributed by atoms with Crippen LogP contribution < -0.4 is 0 Å². The molecule has 3 heterocycles. The first-order valence-electron chi connectivity index (χ1n) is 9.27. The fourth-order valence-electron chi connectivity index (χ4n) is 2.86. The van der Waals surface area contributed by atoms with Crippen LogP contribution in [-0.4, -0.2) is 42.5 Å². The van der Waals surface area contributed by atoms with E-state index < -0.39 is 0 Å². The van der Waals surface area contributed by atoms with E-state index in [1.165, 1.54) is 0 Å². The zero-order chi connectivity index (χ0) is 20.2. The monoisotopic (exact) mass is 388 g/mol. The van der Waals surface area contributed by atoms with Crippen LogP contribution in [-0.2, 0) is 13.0 Å². The molecule has 3 aromatic heterocycles. The van der Waals surface area contributed by atoms with E-state index in [2.05, 4.69) is 20.1 Å². The van der Waals surface area contributed by atoms with E-state index in [1.54, 1.807) is 35.2 Å². The highest BCUT2D eigenvalue weighted by atomic mass is 16.5. The lowest BCUT2D eigenvalue weighted by Gasteiger charge is -2.15. The number of rotatable bonds is 6. The number of amides is 1. The van der Waals surface area contributed by atoms with Gasteiger partial charge in [-0.2, -0.15) is 4.98 Å². The van der Waals surface area contributed by atoms with Crippen LogP contribution in [0.4, 0.5) is 0 Å². The topological polar surface area (TPSA) is 89.9 Å². The van der Waals surface area contributed by atoms with Gasteiger partial charge in [-0.05, 0) is 17.7 Å². The molecular weight excluding hydrogens is 368 g/mol. The lowest BCUT2D eigenvalue weighted by atomic mass is 10.2. The van der Waals surface area contributed by atoms with Gasteiger partial charge in [0.25, 0.3) is 11.8 Å². The Labute approximate surface area is 167 Å². The van der Waals surface area contributed by atoms with E-state index in [0.29, 0.717) is 36.2 Å². The minimum atomic E-state index is -0.151. The lowest BCUT2D eigenvalue weighted by molar-refractivity contribution is 0.0780. The van der Waals surface area contributed by atoms with Crippen molar-refractivity contribution in [3.63, 3.8) is 0 Å². The number of pyridine rings is 1. The summed E-state index contributed by atoms with van der Waals surface area (Å²) in [6.45, 7) is 2.48. The summed E-state index contributed by atoms with van der Waals surface area (Å²) in [7, 11) is 1.76. The minimum absolute atomic E-state index is 0.151. The van der Waals surface area contributed by atoms with Crippen molar-refractivity contribution in [2.24, 2.45) is 0 Å². The van der Waals surface area contributed by atoms with Crippen LogP contribution in [0.3, 0.4) is 0 Å². The van der Waals surface area contributed by atoms with Gasteiger partial charge in [-0.1, -0.05) is 42.4 Å². The Morgan fingerprint density at radius 2 is 1.97 bits per heavy atom. The number of benzene rings is 1. The van der Waals surface area contributed by atoms with Crippen LogP contribution in [0.2, 0.25) is 0 Å². The van der Waals surface area contributed by atoms with E-state index in [1.807, 2.05) is 49.4 Å². The van der Waals surface area contributed by atoms with Gasteiger partial charge in [-0.3, -0.25) is 9.36 Å². The molecule has 0 aliphatic rings. The Morgan fingerprint density at radius 3 is 2.66 bits per heavy atom. The highest BCUT2D eigenvalue weighted by Crippen LogP contribution is 2.18. The fourth-order valence-corrected chi connectivity index (χ4v) is 2.86. The van der Waals surface area contributed by atoms with E-state index in [-0.39, 0.29) is 5.91 Å². The summed E-state index contributed by atoms with van der Waals surface area (Å²) in [5.74, 6) is 1.58. The molecule has 4 aromatic rings. The standard InChI is InChI=1S/C21H20N6O2/c1-3-18-24-20(29-25-18)16-9-10-19(22-11-16)27-13-17(23-14-27)21(28)26(2)12-15-7-5-4-6-8-15/h4-11,13-14H,3,12H2,1-2H3. The number of carbonyl (C=O) groups is 1. The van der Waals surface area contributed by atoms with Gasteiger partial charge in [0.1, 0.15) is 17.8 Å². The highest BCUT2D eigenvalue weighted by Gasteiger charge is 2.16. The molecule has 146 valence electrons. The molecule has 1 amide bonds. The molecule has 0 aliphatic carbocycles. The summed E-state index contributed by atoms with van der Waals surface area (Å²) in [6.07, 6.45) is 5.62. The molecule has 8 nitrogen and oxygen atoms in total. The van der Waals surface area contributed by atoms with Gasteiger partial charge in [0.2, 0.25) is 0 Å². The molecule has 0 aliphatic heterocycles. The number of aromatic nitrogens is 5. The van der Waals surface area contributed by atoms with Gasteiger partial charge in [0, 0.05) is 32.4 Å². The first-order valence-corrected chi connectivity index (χ1v) is 9.27. The van der Waals surface area contributed by atoms with E-state index in [9.17, 15) is 4.79 Å². The Kier molecular flexibility index (Phi) is 5.15. The van der Waals surface area contributed by atoms with E-state index in [4.69, 9.17) is 4.52 Å². The molecule has 0 bridgehead atoms. The fraction of sp³-hybridized carbons (Fsp3) is 0.190. The Hall–Kier alpha value is -3.81. The predicted octanol–water partition coefficient (Wildman–Crippen LogP) is 3.15. The van der Waals surface area contributed by atoms with Crippen LogP contribution in [0, 0.1) is 0 Å². The summed E-state index contributed by atoms with van der Waals surface area (Å²) in [4.78, 5) is 27.3. The van der Waals surface area contributed by atoms with Crippen molar-refractivity contribution in [1.82, 2.24) is 29.6 Å². The number of hydrogen-bond donors (Lipinski definition) is 0. The molecule has 0 saturated carbocycles. The smallest absolute Gasteiger partial charge is 0.274 e. The van der Waals surface area contributed by atoms with Crippen molar-refractivity contribution in [2.75, 3.05) is 7.05 Å². The lowest BCUT2D eigenvalue weighted by Crippen LogP contribution is -2.26. The molecule has 0 fully saturated rings. The molecule has 0 atom stereocenters. The van der Waals surface area contributed by atoms with Crippen LogP contribution in [0.5, 0.6) is 0 Å². The number of hydrogen-bond acceptors (Lipinski definition) is 6. The molecule has 29 heavy (non-hydrogen) atoms. The molecule has 1 aromatic carbocycles. The van der Waals surface area contributed by atoms with Gasteiger partial charge in [0.15, 0.2) is 5.82 Å². The third-order valence-corrected chi connectivity index (χ3v) is 4.45. The first-order chi connectivity index (χ1) is 14.1. The Bertz CT molecular complexity index is 1100. The number of aryl methyl sites for hydroxylation is 1. The summed E-state index contributed by atoms with van der Waals surface area (Å²) in [5.41, 5.74) is 2.16. The molecule has 0 unspecified atom stereocenters. The van der Waals surface area contributed by atoms with Crippen molar-refractivity contribution in [1.29, 1.82) is 0 Å². The van der Waals surface area contributed by atoms with Crippen molar-refractivity contribution in [3.05, 3.63) is 78.3 Å². The Morgan fingerprint density at radius 1 is 1.14 bits per heavy atom. The van der Waals surface area contributed by atoms with Gasteiger partial charge < -0.3 is 9.42 Å². The second-order valence-corrected chi connectivity index (χ2v) is 6.59. The van der Waals surface area contributed by atoms with Crippen molar-refractivity contribution >= 4 is 5.91 Å². The maximum atomic E-state index is 12.7. The number of carbonyl (C=O) groups excluding carboxylic acids is 1. The molecule has 8 heteroatoms. The van der Waals surface area contributed by atoms with E-state index >= 15 is 0 Å². The minimum Gasteiger partial charge on any atom is -0.336 e. The second kappa shape index (κ2) is 8.05. The molecule has 0 radical (unpaired) electrons. The SMILES string of the molecule is CCc1noc(-c2ccc(-n3cnc(C(=O)N(C)Cc4ccccc4)c3)nc2)n1. The van der Waals surface area contributed by atoms with Crippen molar-refractivity contribution in [2.45, 2.75) is 19.9 Å². The zero-order valence-corrected chi connectivity index (χ0v) is 16.2. The summed E-state index contributed by atoms with van der Waals surface area (Å²) < 4.78 is 6.93. The largest absolute Gasteiger partial charge is 0.336 e. The highest BCUT2D eigenvalue weighted by molar-refractivity contribution is 5.92. The molecule has 0 spiro atoms.